The first-order valence-electron chi connectivity index (χ1n) is 6.61. The monoisotopic (exact) mass is 278 g/mol. The Morgan fingerprint density at radius 2 is 2.53 bits per heavy atom. The maximum absolute atomic E-state index is 5.31. The summed E-state index contributed by atoms with van der Waals surface area (Å²) in [6.45, 7) is 2.94. The minimum Gasteiger partial charge on any atom is -0.333 e. The Hall–Kier alpha value is -1.24. The second kappa shape index (κ2) is 5.81. The fraction of sp³-hybridized carbons (Fsp3) is 0.538. The van der Waals surface area contributed by atoms with Crippen LogP contribution in [0.1, 0.15) is 18.7 Å². The molecule has 2 aromatic rings. The van der Waals surface area contributed by atoms with Crippen LogP contribution in [0.5, 0.6) is 0 Å². The molecule has 0 spiro atoms. The van der Waals surface area contributed by atoms with Crippen LogP contribution < -0.4 is 5.32 Å². The minimum atomic E-state index is 0.581. The van der Waals surface area contributed by atoms with Gasteiger partial charge in [0.05, 0.1) is 11.4 Å². The lowest BCUT2D eigenvalue weighted by molar-refractivity contribution is 0.182. The molecule has 3 heterocycles. The maximum Gasteiger partial charge on any atom is 0.268 e. The molecule has 1 atom stereocenters. The molecule has 0 aliphatic carbocycles. The van der Waals surface area contributed by atoms with Crippen LogP contribution in [0, 0.1) is 0 Å². The molecule has 2 aromatic heterocycles. The van der Waals surface area contributed by atoms with E-state index in [-0.39, 0.29) is 0 Å². The molecule has 0 bridgehead atoms. The largest absolute Gasteiger partial charge is 0.333 e. The third-order valence-electron chi connectivity index (χ3n) is 3.48. The van der Waals surface area contributed by atoms with Gasteiger partial charge in [-0.05, 0) is 37.9 Å². The number of thiophene rings is 1. The van der Waals surface area contributed by atoms with E-state index >= 15 is 0 Å². The molecule has 0 radical (unpaired) electrons. The van der Waals surface area contributed by atoms with Gasteiger partial charge in [0.25, 0.3) is 5.89 Å². The number of rotatable bonds is 4. The topological polar surface area (TPSA) is 54.2 Å². The SMILES string of the molecule is CNC1CCCN(Cc2noc(-c3cccs3)n2)C1. The van der Waals surface area contributed by atoms with Crippen molar-refractivity contribution in [2.24, 2.45) is 0 Å². The molecule has 1 fully saturated rings. The second-order valence-corrected chi connectivity index (χ2v) is 5.80. The van der Waals surface area contributed by atoms with E-state index in [1.54, 1.807) is 11.3 Å². The van der Waals surface area contributed by atoms with Crippen LogP contribution >= 0.6 is 11.3 Å². The number of likely N-dealkylation sites (N-methyl/N-ethyl adjacent to an activating group) is 1. The predicted molar refractivity (Wildman–Crippen MR) is 75.0 cm³/mol. The van der Waals surface area contributed by atoms with Gasteiger partial charge in [0.2, 0.25) is 0 Å². The summed E-state index contributed by atoms with van der Waals surface area (Å²) in [4.78, 5) is 7.88. The standard InChI is InChI=1S/C13H18N4OS/c1-14-10-4-2-6-17(8-10)9-12-15-13(18-16-12)11-5-3-7-19-11/h3,5,7,10,14H,2,4,6,8-9H2,1H3. The number of nitrogens with zero attached hydrogens (tertiary/aromatic N) is 3. The van der Waals surface area contributed by atoms with E-state index in [4.69, 9.17) is 4.52 Å². The van der Waals surface area contributed by atoms with Crippen molar-refractivity contribution in [2.45, 2.75) is 25.4 Å². The number of hydrogen-bond acceptors (Lipinski definition) is 6. The Balaban J connectivity index is 1.64. The number of nitrogens with one attached hydrogen (secondary N) is 1. The zero-order valence-corrected chi connectivity index (χ0v) is 11.8. The van der Waals surface area contributed by atoms with Crippen molar-refractivity contribution in [1.29, 1.82) is 0 Å². The van der Waals surface area contributed by atoms with Crippen LogP contribution in [-0.4, -0.2) is 41.2 Å². The first kappa shape index (κ1) is 12.8. The zero-order valence-electron chi connectivity index (χ0n) is 11.0. The molecular formula is C13H18N4OS. The van der Waals surface area contributed by atoms with Crippen molar-refractivity contribution in [3.63, 3.8) is 0 Å². The van der Waals surface area contributed by atoms with Gasteiger partial charge in [0.15, 0.2) is 5.82 Å². The molecule has 5 nitrogen and oxygen atoms in total. The lowest BCUT2D eigenvalue weighted by Gasteiger charge is -2.31. The highest BCUT2D eigenvalue weighted by molar-refractivity contribution is 7.13. The first-order valence-corrected chi connectivity index (χ1v) is 7.49. The summed E-state index contributed by atoms with van der Waals surface area (Å²) in [7, 11) is 2.03. The van der Waals surface area contributed by atoms with Crippen molar-refractivity contribution < 1.29 is 4.52 Å². The van der Waals surface area contributed by atoms with Crippen LogP contribution in [-0.2, 0) is 6.54 Å². The van der Waals surface area contributed by atoms with Crippen LogP contribution in [0.25, 0.3) is 10.8 Å². The lowest BCUT2D eigenvalue weighted by Crippen LogP contribution is -2.44. The lowest BCUT2D eigenvalue weighted by atomic mass is 10.1. The number of hydrogen-bond donors (Lipinski definition) is 1. The van der Waals surface area contributed by atoms with Crippen LogP contribution in [0.3, 0.4) is 0 Å². The Morgan fingerprint density at radius 1 is 1.58 bits per heavy atom. The molecule has 1 saturated heterocycles. The molecule has 102 valence electrons. The van der Waals surface area contributed by atoms with Gasteiger partial charge in [-0.15, -0.1) is 11.3 Å². The van der Waals surface area contributed by atoms with Gasteiger partial charge in [-0.2, -0.15) is 4.98 Å². The van der Waals surface area contributed by atoms with E-state index in [9.17, 15) is 0 Å². The van der Waals surface area contributed by atoms with E-state index in [1.165, 1.54) is 12.8 Å². The van der Waals surface area contributed by atoms with Crippen molar-refractivity contribution in [3.8, 4) is 10.8 Å². The van der Waals surface area contributed by atoms with Crippen molar-refractivity contribution >= 4 is 11.3 Å². The smallest absolute Gasteiger partial charge is 0.268 e. The minimum absolute atomic E-state index is 0.581. The summed E-state index contributed by atoms with van der Waals surface area (Å²) in [5.74, 6) is 1.41. The summed E-state index contributed by atoms with van der Waals surface area (Å²) in [6, 6.07) is 4.57. The molecule has 6 heteroatoms. The molecule has 0 amide bonds. The van der Waals surface area contributed by atoms with Gasteiger partial charge >= 0.3 is 0 Å². The first-order chi connectivity index (χ1) is 9.35. The summed E-state index contributed by atoms with van der Waals surface area (Å²) >= 11 is 1.62. The molecule has 1 N–H and O–H groups in total. The second-order valence-electron chi connectivity index (χ2n) is 4.86. The van der Waals surface area contributed by atoms with E-state index < -0.39 is 0 Å². The maximum atomic E-state index is 5.31. The number of piperidine rings is 1. The predicted octanol–water partition coefficient (Wildman–Crippen LogP) is 1.98. The van der Waals surface area contributed by atoms with Gasteiger partial charge in [0, 0.05) is 12.6 Å². The van der Waals surface area contributed by atoms with Gasteiger partial charge in [0.1, 0.15) is 0 Å². The molecule has 1 aliphatic heterocycles. The quantitative estimate of drug-likeness (QED) is 0.927. The summed E-state index contributed by atoms with van der Waals surface area (Å²) in [6.07, 6.45) is 2.47. The number of aromatic nitrogens is 2. The fourth-order valence-electron chi connectivity index (χ4n) is 2.45. The third kappa shape index (κ3) is 3.02. The highest BCUT2D eigenvalue weighted by atomic mass is 32.1. The highest BCUT2D eigenvalue weighted by Crippen LogP contribution is 2.23. The summed E-state index contributed by atoms with van der Waals surface area (Å²) < 4.78 is 5.31. The Kier molecular flexibility index (Phi) is 3.91. The third-order valence-corrected chi connectivity index (χ3v) is 4.34. The van der Waals surface area contributed by atoms with Crippen LogP contribution in [0.2, 0.25) is 0 Å². The average molecular weight is 278 g/mol. The molecule has 1 aliphatic rings. The Labute approximate surface area is 116 Å². The Morgan fingerprint density at radius 3 is 3.32 bits per heavy atom. The summed E-state index contributed by atoms with van der Waals surface area (Å²) in [5, 5.41) is 9.43. The van der Waals surface area contributed by atoms with Crippen molar-refractivity contribution in [3.05, 3.63) is 23.3 Å². The van der Waals surface area contributed by atoms with Gasteiger partial charge in [-0.25, -0.2) is 0 Å². The molecular weight excluding hydrogens is 260 g/mol. The normalized spacial score (nSPS) is 20.8. The van der Waals surface area contributed by atoms with E-state index in [0.717, 1.165) is 30.3 Å². The van der Waals surface area contributed by atoms with Gasteiger partial charge < -0.3 is 9.84 Å². The zero-order chi connectivity index (χ0) is 13.1. The van der Waals surface area contributed by atoms with E-state index in [1.807, 2.05) is 24.6 Å². The average Bonchev–Trinajstić information content (AvgIpc) is 3.09. The fourth-order valence-corrected chi connectivity index (χ4v) is 3.10. The highest BCUT2D eigenvalue weighted by Gasteiger charge is 2.20. The molecule has 0 saturated carbocycles. The van der Waals surface area contributed by atoms with Crippen molar-refractivity contribution in [1.82, 2.24) is 20.4 Å². The molecule has 3 rings (SSSR count). The van der Waals surface area contributed by atoms with Gasteiger partial charge in [-0.1, -0.05) is 11.2 Å². The van der Waals surface area contributed by atoms with Crippen molar-refractivity contribution in [2.75, 3.05) is 20.1 Å². The van der Waals surface area contributed by atoms with Gasteiger partial charge in [-0.3, -0.25) is 4.90 Å². The van der Waals surface area contributed by atoms with E-state index in [2.05, 4.69) is 20.4 Å². The van der Waals surface area contributed by atoms with E-state index in [0.29, 0.717) is 11.9 Å². The van der Waals surface area contributed by atoms with Crippen LogP contribution in [0.15, 0.2) is 22.0 Å². The molecule has 0 aromatic carbocycles. The van der Waals surface area contributed by atoms with Crippen LogP contribution in [0.4, 0.5) is 0 Å². The molecule has 1 unspecified atom stereocenters. The Bertz CT molecular complexity index is 510. The molecule has 19 heavy (non-hydrogen) atoms. The number of likely N-dealkylation sites (tertiary alicyclic amines) is 1. The summed E-state index contributed by atoms with van der Waals surface area (Å²) in [5.41, 5.74) is 0.